The average molecular weight is 302 g/mol. The summed E-state index contributed by atoms with van der Waals surface area (Å²) in [6.45, 7) is 11.2. The van der Waals surface area contributed by atoms with Gasteiger partial charge in [-0.05, 0) is 6.92 Å². The molecule has 0 aliphatic carbocycles. The van der Waals surface area contributed by atoms with Gasteiger partial charge in [-0.3, -0.25) is 14.5 Å². The number of ketones is 1. The first kappa shape index (κ1) is 16.7. The van der Waals surface area contributed by atoms with Crippen molar-refractivity contribution in [1.82, 2.24) is 9.80 Å². The van der Waals surface area contributed by atoms with Crippen molar-refractivity contribution >= 4 is 11.7 Å². The van der Waals surface area contributed by atoms with Gasteiger partial charge < -0.3 is 4.90 Å². The number of carbonyl (C=O) groups excluding carboxylic acids is 2. The van der Waals surface area contributed by atoms with Crippen LogP contribution >= 0.6 is 0 Å². The number of aryl methyl sites for hydroxylation is 1. The Morgan fingerprint density at radius 3 is 2.05 bits per heavy atom. The molecular weight excluding hydrogens is 276 g/mol. The fourth-order valence-electron chi connectivity index (χ4n) is 2.62. The Morgan fingerprint density at radius 2 is 1.55 bits per heavy atom. The first-order valence-electron chi connectivity index (χ1n) is 7.89. The number of Topliss-reactive ketones (excluding diaryl/α,β-unsaturated/α-hetero) is 1. The van der Waals surface area contributed by atoms with Gasteiger partial charge in [0.2, 0.25) is 5.91 Å². The molecule has 0 aromatic heterocycles. The van der Waals surface area contributed by atoms with Crippen molar-refractivity contribution in [2.75, 3.05) is 32.7 Å². The van der Waals surface area contributed by atoms with Gasteiger partial charge in [-0.2, -0.15) is 0 Å². The summed E-state index contributed by atoms with van der Waals surface area (Å²) in [6.07, 6.45) is 0. The molecule has 1 fully saturated rings. The minimum Gasteiger partial charge on any atom is -0.340 e. The molecule has 0 saturated carbocycles. The third-order valence-corrected chi connectivity index (χ3v) is 4.04. The van der Waals surface area contributed by atoms with Crippen LogP contribution in [0.15, 0.2) is 24.3 Å². The van der Waals surface area contributed by atoms with Crippen molar-refractivity contribution in [2.45, 2.75) is 27.7 Å². The standard InChI is InChI=1S/C18H26N2O2/c1-14-5-7-15(8-6-14)16(21)13-19-9-11-20(12-10-19)17(22)18(2,3)4/h5-8H,9-13H2,1-4H3. The quantitative estimate of drug-likeness (QED) is 0.805. The number of carbonyl (C=O) groups is 2. The average Bonchev–Trinajstić information content (AvgIpc) is 2.47. The summed E-state index contributed by atoms with van der Waals surface area (Å²) in [7, 11) is 0. The zero-order valence-electron chi connectivity index (χ0n) is 14.1. The van der Waals surface area contributed by atoms with Gasteiger partial charge in [-0.1, -0.05) is 50.6 Å². The molecule has 4 nitrogen and oxygen atoms in total. The molecule has 120 valence electrons. The summed E-state index contributed by atoms with van der Waals surface area (Å²) in [6, 6.07) is 7.70. The minimum absolute atomic E-state index is 0.149. The van der Waals surface area contributed by atoms with Crippen molar-refractivity contribution in [3.8, 4) is 0 Å². The fraction of sp³-hybridized carbons (Fsp3) is 0.556. The van der Waals surface area contributed by atoms with Crippen LogP contribution in [0.5, 0.6) is 0 Å². The van der Waals surface area contributed by atoms with Crippen LogP contribution in [0.1, 0.15) is 36.7 Å². The van der Waals surface area contributed by atoms with E-state index in [0.717, 1.165) is 24.2 Å². The molecule has 1 amide bonds. The Balaban J connectivity index is 1.86. The van der Waals surface area contributed by atoms with Crippen molar-refractivity contribution in [2.24, 2.45) is 5.41 Å². The number of hydrogen-bond acceptors (Lipinski definition) is 3. The van der Waals surface area contributed by atoms with E-state index in [1.807, 2.05) is 56.9 Å². The molecule has 22 heavy (non-hydrogen) atoms. The van der Waals surface area contributed by atoms with Crippen molar-refractivity contribution in [1.29, 1.82) is 0 Å². The third kappa shape index (κ3) is 4.17. The van der Waals surface area contributed by atoms with Crippen LogP contribution in [0.25, 0.3) is 0 Å². The maximum atomic E-state index is 12.3. The maximum absolute atomic E-state index is 12.3. The normalized spacial score (nSPS) is 16.6. The third-order valence-electron chi connectivity index (χ3n) is 4.04. The molecule has 1 aromatic rings. The fourth-order valence-corrected chi connectivity index (χ4v) is 2.62. The Hall–Kier alpha value is -1.68. The highest BCUT2D eigenvalue weighted by atomic mass is 16.2. The van der Waals surface area contributed by atoms with Crippen LogP contribution in [0.4, 0.5) is 0 Å². The summed E-state index contributed by atoms with van der Waals surface area (Å²) in [4.78, 5) is 28.6. The van der Waals surface area contributed by atoms with E-state index in [1.165, 1.54) is 0 Å². The smallest absolute Gasteiger partial charge is 0.228 e. The lowest BCUT2D eigenvalue weighted by Gasteiger charge is -2.37. The Labute approximate surface area is 133 Å². The van der Waals surface area contributed by atoms with Crippen molar-refractivity contribution in [3.63, 3.8) is 0 Å². The Bertz CT molecular complexity index is 535. The molecule has 1 aliphatic heterocycles. The van der Waals surface area contributed by atoms with Crippen LogP contribution < -0.4 is 0 Å². The summed E-state index contributed by atoms with van der Waals surface area (Å²) in [5, 5.41) is 0. The molecule has 0 unspecified atom stereocenters. The molecule has 1 heterocycles. The largest absolute Gasteiger partial charge is 0.340 e. The van der Waals surface area contributed by atoms with E-state index >= 15 is 0 Å². The van der Waals surface area contributed by atoms with Gasteiger partial charge in [0.25, 0.3) is 0 Å². The predicted molar refractivity (Wildman–Crippen MR) is 88.0 cm³/mol. The Morgan fingerprint density at radius 1 is 1.00 bits per heavy atom. The van der Waals surface area contributed by atoms with E-state index < -0.39 is 0 Å². The molecule has 0 N–H and O–H groups in total. The number of amides is 1. The number of piperazine rings is 1. The second kappa shape index (κ2) is 6.61. The van der Waals surface area contributed by atoms with Crippen molar-refractivity contribution in [3.05, 3.63) is 35.4 Å². The summed E-state index contributed by atoms with van der Waals surface area (Å²) in [5.41, 5.74) is 1.59. The summed E-state index contributed by atoms with van der Waals surface area (Å²) in [5.74, 6) is 0.340. The van der Waals surface area contributed by atoms with Crippen LogP contribution in [0.3, 0.4) is 0 Å². The van der Waals surface area contributed by atoms with Gasteiger partial charge in [-0.25, -0.2) is 0 Å². The Kier molecular flexibility index (Phi) is 5.01. The number of nitrogens with zero attached hydrogens (tertiary/aromatic N) is 2. The zero-order valence-corrected chi connectivity index (χ0v) is 14.1. The molecule has 0 radical (unpaired) electrons. The highest BCUT2D eigenvalue weighted by Crippen LogP contribution is 2.18. The highest BCUT2D eigenvalue weighted by Gasteiger charge is 2.30. The predicted octanol–water partition coefficient (Wildman–Crippen LogP) is 2.37. The number of benzene rings is 1. The molecule has 0 spiro atoms. The number of rotatable bonds is 3. The SMILES string of the molecule is Cc1ccc(C(=O)CN2CCN(C(=O)C(C)(C)C)CC2)cc1. The topological polar surface area (TPSA) is 40.6 Å². The van der Waals surface area contributed by atoms with Crippen LogP contribution in [-0.4, -0.2) is 54.2 Å². The lowest BCUT2D eigenvalue weighted by atomic mass is 9.94. The van der Waals surface area contributed by atoms with Crippen LogP contribution in [-0.2, 0) is 4.79 Å². The van der Waals surface area contributed by atoms with Crippen LogP contribution in [0, 0.1) is 12.3 Å². The van der Waals surface area contributed by atoms with Crippen molar-refractivity contribution < 1.29 is 9.59 Å². The molecule has 0 bridgehead atoms. The summed E-state index contributed by atoms with van der Waals surface area (Å²) < 4.78 is 0. The molecule has 1 aliphatic rings. The van der Waals surface area contributed by atoms with E-state index in [1.54, 1.807) is 0 Å². The van der Waals surface area contributed by atoms with Gasteiger partial charge in [0.15, 0.2) is 5.78 Å². The molecule has 1 saturated heterocycles. The monoisotopic (exact) mass is 302 g/mol. The van der Waals surface area contributed by atoms with E-state index in [9.17, 15) is 9.59 Å². The second-order valence-electron chi connectivity index (χ2n) is 7.11. The lowest BCUT2D eigenvalue weighted by molar-refractivity contribution is -0.141. The van der Waals surface area contributed by atoms with Gasteiger partial charge in [0, 0.05) is 37.2 Å². The molecule has 1 aromatic carbocycles. The van der Waals surface area contributed by atoms with E-state index in [0.29, 0.717) is 19.6 Å². The summed E-state index contributed by atoms with van der Waals surface area (Å²) >= 11 is 0. The molecular formula is C18H26N2O2. The second-order valence-corrected chi connectivity index (χ2v) is 7.11. The molecule has 2 rings (SSSR count). The van der Waals surface area contributed by atoms with Crippen LogP contribution in [0.2, 0.25) is 0 Å². The van der Waals surface area contributed by atoms with Gasteiger partial charge in [-0.15, -0.1) is 0 Å². The lowest BCUT2D eigenvalue weighted by Crippen LogP contribution is -2.52. The van der Waals surface area contributed by atoms with E-state index in [-0.39, 0.29) is 17.1 Å². The van der Waals surface area contributed by atoms with E-state index in [2.05, 4.69) is 4.90 Å². The maximum Gasteiger partial charge on any atom is 0.228 e. The van der Waals surface area contributed by atoms with Gasteiger partial charge in [0.05, 0.1) is 6.54 Å². The van der Waals surface area contributed by atoms with E-state index in [4.69, 9.17) is 0 Å². The highest BCUT2D eigenvalue weighted by molar-refractivity contribution is 5.97. The number of hydrogen-bond donors (Lipinski definition) is 0. The molecule has 0 atom stereocenters. The zero-order chi connectivity index (χ0) is 16.3. The first-order chi connectivity index (χ1) is 10.3. The van der Waals surface area contributed by atoms with Gasteiger partial charge >= 0.3 is 0 Å². The molecule has 4 heteroatoms. The minimum atomic E-state index is -0.333. The van der Waals surface area contributed by atoms with Gasteiger partial charge in [0.1, 0.15) is 0 Å². The first-order valence-corrected chi connectivity index (χ1v) is 7.89.